The molecule has 0 spiro atoms. The van der Waals surface area contributed by atoms with E-state index < -0.39 is 6.36 Å². The lowest BCUT2D eigenvalue weighted by Crippen LogP contribution is -2.17. The zero-order valence-electron chi connectivity index (χ0n) is 6.94. The van der Waals surface area contributed by atoms with E-state index in [-0.39, 0.29) is 5.75 Å². The van der Waals surface area contributed by atoms with Gasteiger partial charge in [-0.25, -0.2) is 0 Å². The molecule has 0 amide bonds. The molecule has 5 heteroatoms. The van der Waals surface area contributed by atoms with Crippen molar-refractivity contribution in [1.82, 2.24) is 0 Å². The van der Waals surface area contributed by atoms with Gasteiger partial charge in [0.25, 0.3) is 0 Å². The average molecular weight is 267 g/mol. The highest BCUT2D eigenvalue weighted by atomic mass is 79.9. The van der Waals surface area contributed by atoms with Crippen molar-refractivity contribution >= 4 is 20.4 Å². The molecular weight excluding hydrogens is 261 g/mol. The SMILES string of the molecule is C=C(Br)c1cccc(OC(F)(F)F)c1. The molecule has 0 N–H and O–H groups in total. The van der Waals surface area contributed by atoms with Crippen LogP contribution in [0.4, 0.5) is 13.2 Å². The van der Waals surface area contributed by atoms with E-state index in [1.807, 2.05) is 0 Å². The zero-order valence-corrected chi connectivity index (χ0v) is 8.52. The smallest absolute Gasteiger partial charge is 0.406 e. The summed E-state index contributed by atoms with van der Waals surface area (Å²) < 4.78 is 39.7. The summed E-state index contributed by atoms with van der Waals surface area (Å²) in [6, 6.07) is 5.57. The predicted molar refractivity (Wildman–Crippen MR) is 51.1 cm³/mol. The minimum absolute atomic E-state index is 0.254. The Balaban J connectivity index is 2.89. The molecule has 0 heterocycles. The van der Waals surface area contributed by atoms with E-state index in [0.717, 1.165) is 0 Å². The number of hydrogen-bond donors (Lipinski definition) is 0. The summed E-state index contributed by atoms with van der Waals surface area (Å²) in [5, 5.41) is 0. The number of benzene rings is 1. The molecule has 1 aromatic rings. The molecule has 14 heavy (non-hydrogen) atoms. The highest BCUT2D eigenvalue weighted by molar-refractivity contribution is 9.15. The van der Waals surface area contributed by atoms with E-state index in [0.29, 0.717) is 10.0 Å². The third-order valence-electron chi connectivity index (χ3n) is 1.38. The molecule has 0 aliphatic carbocycles. The van der Waals surface area contributed by atoms with Gasteiger partial charge in [-0.1, -0.05) is 34.6 Å². The second-order valence-electron chi connectivity index (χ2n) is 2.48. The Morgan fingerprint density at radius 3 is 2.50 bits per heavy atom. The topological polar surface area (TPSA) is 9.23 Å². The minimum Gasteiger partial charge on any atom is -0.406 e. The zero-order chi connectivity index (χ0) is 10.8. The molecule has 0 unspecified atom stereocenters. The van der Waals surface area contributed by atoms with Crippen molar-refractivity contribution in [2.45, 2.75) is 6.36 Å². The van der Waals surface area contributed by atoms with Crippen molar-refractivity contribution in [3.05, 3.63) is 36.4 Å². The van der Waals surface area contributed by atoms with Crippen molar-refractivity contribution in [1.29, 1.82) is 0 Å². The van der Waals surface area contributed by atoms with Gasteiger partial charge in [0.15, 0.2) is 0 Å². The van der Waals surface area contributed by atoms with Crippen LogP contribution in [0.25, 0.3) is 4.48 Å². The van der Waals surface area contributed by atoms with Gasteiger partial charge in [0.1, 0.15) is 5.75 Å². The van der Waals surface area contributed by atoms with Gasteiger partial charge in [-0.3, -0.25) is 0 Å². The fourth-order valence-corrected chi connectivity index (χ4v) is 1.11. The van der Waals surface area contributed by atoms with Crippen molar-refractivity contribution < 1.29 is 17.9 Å². The van der Waals surface area contributed by atoms with Gasteiger partial charge in [-0.05, 0) is 17.7 Å². The lowest BCUT2D eigenvalue weighted by atomic mass is 10.2. The molecule has 0 fully saturated rings. The Hall–Kier alpha value is -0.970. The number of halogens is 4. The number of ether oxygens (including phenoxy) is 1. The largest absolute Gasteiger partial charge is 0.573 e. The van der Waals surface area contributed by atoms with Gasteiger partial charge >= 0.3 is 6.36 Å². The summed E-state index contributed by atoms with van der Waals surface area (Å²) in [7, 11) is 0. The number of hydrogen-bond acceptors (Lipinski definition) is 1. The lowest BCUT2D eigenvalue weighted by molar-refractivity contribution is -0.274. The van der Waals surface area contributed by atoms with E-state index in [9.17, 15) is 13.2 Å². The van der Waals surface area contributed by atoms with E-state index in [4.69, 9.17) is 0 Å². The van der Waals surface area contributed by atoms with E-state index >= 15 is 0 Å². The summed E-state index contributed by atoms with van der Waals surface area (Å²) in [5.41, 5.74) is 0.548. The highest BCUT2D eigenvalue weighted by Gasteiger charge is 2.31. The molecule has 1 rings (SSSR count). The quantitative estimate of drug-likeness (QED) is 0.788. The van der Waals surface area contributed by atoms with Crippen LogP contribution in [0.2, 0.25) is 0 Å². The first kappa shape index (κ1) is 11.1. The molecule has 1 aromatic carbocycles. The van der Waals surface area contributed by atoms with Crippen LogP contribution in [-0.4, -0.2) is 6.36 Å². The molecule has 0 aromatic heterocycles. The van der Waals surface area contributed by atoms with Crippen molar-refractivity contribution in [3.8, 4) is 5.75 Å². The lowest BCUT2D eigenvalue weighted by Gasteiger charge is -2.09. The van der Waals surface area contributed by atoms with E-state index in [1.165, 1.54) is 18.2 Å². The van der Waals surface area contributed by atoms with Crippen LogP contribution in [0.15, 0.2) is 30.8 Å². The van der Waals surface area contributed by atoms with Crippen LogP contribution in [0.3, 0.4) is 0 Å². The van der Waals surface area contributed by atoms with Crippen molar-refractivity contribution in [2.75, 3.05) is 0 Å². The second kappa shape index (κ2) is 4.04. The Bertz CT molecular complexity index is 346. The number of alkyl halides is 3. The first-order chi connectivity index (χ1) is 6.38. The summed E-state index contributed by atoms with van der Waals surface area (Å²) in [6.45, 7) is 3.54. The van der Waals surface area contributed by atoms with Gasteiger partial charge in [0.2, 0.25) is 0 Å². The van der Waals surface area contributed by atoms with E-state index in [1.54, 1.807) is 6.07 Å². The van der Waals surface area contributed by atoms with Crippen LogP contribution in [-0.2, 0) is 0 Å². The van der Waals surface area contributed by atoms with Crippen molar-refractivity contribution in [2.24, 2.45) is 0 Å². The monoisotopic (exact) mass is 266 g/mol. The molecule has 76 valence electrons. The fraction of sp³-hybridized carbons (Fsp3) is 0.111. The van der Waals surface area contributed by atoms with E-state index in [2.05, 4.69) is 27.2 Å². The van der Waals surface area contributed by atoms with Gasteiger partial charge in [-0.2, -0.15) is 0 Å². The van der Waals surface area contributed by atoms with Crippen LogP contribution < -0.4 is 4.74 Å². The maximum atomic E-state index is 11.8. The summed E-state index contributed by atoms with van der Waals surface area (Å²) in [4.78, 5) is 0. The molecule has 1 nitrogen and oxygen atoms in total. The second-order valence-corrected chi connectivity index (χ2v) is 3.44. The van der Waals surface area contributed by atoms with Gasteiger partial charge in [0.05, 0.1) is 0 Å². The Morgan fingerprint density at radius 2 is 2.00 bits per heavy atom. The van der Waals surface area contributed by atoms with Crippen LogP contribution >= 0.6 is 15.9 Å². The van der Waals surface area contributed by atoms with Gasteiger partial charge < -0.3 is 4.74 Å². The van der Waals surface area contributed by atoms with Crippen LogP contribution in [0, 0.1) is 0 Å². The Kier molecular flexibility index (Phi) is 3.21. The summed E-state index contributed by atoms with van der Waals surface area (Å²) in [5.74, 6) is -0.254. The van der Waals surface area contributed by atoms with Gasteiger partial charge in [-0.15, -0.1) is 13.2 Å². The molecule has 0 atom stereocenters. The molecule has 0 saturated heterocycles. The first-order valence-corrected chi connectivity index (χ1v) is 4.38. The Morgan fingerprint density at radius 1 is 1.36 bits per heavy atom. The molecule has 0 aliphatic heterocycles. The average Bonchev–Trinajstić information content (AvgIpc) is 2.01. The Labute approximate surface area is 87.3 Å². The standard InChI is InChI=1S/C9H6BrF3O/c1-6(10)7-3-2-4-8(5-7)14-9(11,12)13/h2-5H,1H2. The minimum atomic E-state index is -4.66. The first-order valence-electron chi connectivity index (χ1n) is 3.59. The third-order valence-corrected chi connectivity index (χ3v) is 1.84. The summed E-state index contributed by atoms with van der Waals surface area (Å²) >= 11 is 3.07. The van der Waals surface area contributed by atoms with Crippen molar-refractivity contribution in [3.63, 3.8) is 0 Å². The molecular formula is C9H6BrF3O. The highest BCUT2D eigenvalue weighted by Crippen LogP contribution is 2.27. The predicted octanol–water partition coefficient (Wildman–Crippen LogP) is 3.95. The molecule has 0 radical (unpaired) electrons. The van der Waals surface area contributed by atoms with Gasteiger partial charge in [0, 0.05) is 4.48 Å². The molecule has 0 saturated carbocycles. The summed E-state index contributed by atoms with van der Waals surface area (Å²) in [6.07, 6.45) is -4.66. The number of rotatable bonds is 2. The normalized spacial score (nSPS) is 11.1. The van der Waals surface area contributed by atoms with Crippen LogP contribution in [0.1, 0.15) is 5.56 Å². The third kappa shape index (κ3) is 3.41. The molecule has 0 aliphatic rings. The van der Waals surface area contributed by atoms with Crippen LogP contribution in [0.5, 0.6) is 5.75 Å². The molecule has 0 bridgehead atoms. The maximum Gasteiger partial charge on any atom is 0.573 e. The fourth-order valence-electron chi connectivity index (χ4n) is 0.862. The maximum absolute atomic E-state index is 11.8.